The molecule has 2 atom stereocenters. The quantitative estimate of drug-likeness (QED) is 0.523. The molecule has 2 nitrogen and oxygen atoms in total. The zero-order valence-corrected chi connectivity index (χ0v) is 6.20. The number of aliphatic hydroxyl groups excluding tert-OH is 2. The molecule has 1 aliphatic rings. The molecule has 0 amide bonds. The molecule has 7 heavy (non-hydrogen) atoms. The molecule has 0 radical (unpaired) electrons. The molecule has 1 fully saturated rings. The Labute approximate surface area is 52.6 Å². The first kappa shape index (κ1) is 5.84. The molecule has 1 saturated heterocycles. The van der Waals surface area contributed by atoms with Gasteiger partial charge in [0.15, 0.2) is 0 Å². The SMILES string of the molecule is O[C@H]1C[Te]C[C@@H]1O. The van der Waals surface area contributed by atoms with Gasteiger partial charge in [-0.25, -0.2) is 0 Å². The second kappa shape index (κ2) is 2.32. The van der Waals surface area contributed by atoms with E-state index in [1.165, 1.54) is 0 Å². The molecule has 1 rings (SSSR count). The Hall–Kier alpha value is 0.710. The van der Waals surface area contributed by atoms with E-state index < -0.39 is 0 Å². The summed E-state index contributed by atoms with van der Waals surface area (Å²) in [6.07, 6.45) is -0.746. The molecule has 3 heteroatoms. The van der Waals surface area contributed by atoms with E-state index >= 15 is 0 Å². The maximum absolute atomic E-state index is 8.78. The van der Waals surface area contributed by atoms with Crippen molar-refractivity contribution in [2.24, 2.45) is 0 Å². The number of rotatable bonds is 0. The van der Waals surface area contributed by atoms with Gasteiger partial charge in [0, 0.05) is 0 Å². The van der Waals surface area contributed by atoms with Crippen molar-refractivity contribution < 1.29 is 10.2 Å². The van der Waals surface area contributed by atoms with Crippen molar-refractivity contribution in [1.29, 1.82) is 0 Å². The number of hydrogen-bond acceptors (Lipinski definition) is 2. The van der Waals surface area contributed by atoms with Crippen LogP contribution in [0.25, 0.3) is 0 Å². The zero-order valence-electron chi connectivity index (χ0n) is 3.87. The second-order valence-electron chi connectivity index (χ2n) is 1.67. The van der Waals surface area contributed by atoms with E-state index in [4.69, 9.17) is 10.2 Å². The molecule has 0 spiro atoms. The summed E-state index contributed by atoms with van der Waals surface area (Å²) in [5.41, 5.74) is 0. The second-order valence-corrected chi connectivity index (χ2v) is 4.74. The molecule has 0 aromatic rings. The predicted molar refractivity (Wildman–Crippen MR) is 27.4 cm³/mol. The zero-order chi connectivity index (χ0) is 5.28. The van der Waals surface area contributed by atoms with Crippen molar-refractivity contribution in [2.45, 2.75) is 21.1 Å². The summed E-state index contributed by atoms with van der Waals surface area (Å²) >= 11 is 0.0140. The van der Waals surface area contributed by atoms with Crippen LogP contribution < -0.4 is 0 Å². The van der Waals surface area contributed by atoms with Gasteiger partial charge in [-0.3, -0.25) is 0 Å². The van der Waals surface area contributed by atoms with E-state index in [0.717, 1.165) is 8.94 Å². The van der Waals surface area contributed by atoms with E-state index in [9.17, 15) is 0 Å². The van der Waals surface area contributed by atoms with E-state index in [1.807, 2.05) is 0 Å². The van der Waals surface area contributed by atoms with E-state index in [1.54, 1.807) is 0 Å². The van der Waals surface area contributed by atoms with Gasteiger partial charge in [-0.2, -0.15) is 0 Å². The monoisotopic (exact) mass is 218 g/mol. The Bertz CT molecular complexity index is 58.7. The summed E-state index contributed by atoms with van der Waals surface area (Å²) in [5, 5.41) is 17.6. The molecule has 0 bridgehead atoms. The molecule has 42 valence electrons. The normalized spacial score (nSPS) is 42.0. The van der Waals surface area contributed by atoms with Crippen LogP contribution in [0.15, 0.2) is 0 Å². The molecule has 0 aromatic carbocycles. The summed E-state index contributed by atoms with van der Waals surface area (Å²) in [7, 11) is 0. The van der Waals surface area contributed by atoms with Gasteiger partial charge in [0.25, 0.3) is 0 Å². The van der Waals surface area contributed by atoms with Crippen LogP contribution >= 0.6 is 0 Å². The average molecular weight is 216 g/mol. The van der Waals surface area contributed by atoms with Crippen LogP contribution in [0, 0.1) is 0 Å². The van der Waals surface area contributed by atoms with E-state index in [2.05, 4.69) is 0 Å². The number of hydrogen-bond donors (Lipinski definition) is 2. The minimum atomic E-state index is -0.373. The Kier molecular flexibility index (Phi) is 1.94. The summed E-state index contributed by atoms with van der Waals surface area (Å²) in [6, 6.07) is 0. The van der Waals surface area contributed by atoms with E-state index in [-0.39, 0.29) is 33.1 Å². The summed E-state index contributed by atoms with van der Waals surface area (Å²) < 4.78 is 1.82. The molecular weight excluding hydrogens is 208 g/mol. The van der Waals surface area contributed by atoms with Crippen LogP contribution in [-0.4, -0.2) is 43.3 Å². The third kappa shape index (κ3) is 1.30. The van der Waals surface area contributed by atoms with Gasteiger partial charge in [-0.15, -0.1) is 0 Å². The van der Waals surface area contributed by atoms with Crippen molar-refractivity contribution in [3.05, 3.63) is 0 Å². The Balaban J connectivity index is 2.33. The van der Waals surface area contributed by atoms with Crippen LogP contribution in [0.2, 0.25) is 8.94 Å². The summed E-state index contributed by atoms with van der Waals surface area (Å²) in [4.78, 5) is 0. The fourth-order valence-electron chi connectivity index (χ4n) is 0.532. The predicted octanol–water partition coefficient (Wildman–Crippen LogP) is -0.737. The van der Waals surface area contributed by atoms with Gasteiger partial charge >= 0.3 is 52.3 Å². The van der Waals surface area contributed by atoms with Crippen molar-refractivity contribution in [3.8, 4) is 0 Å². The fraction of sp³-hybridized carbons (Fsp3) is 1.00. The molecule has 0 aromatic heterocycles. The number of aliphatic hydroxyl groups is 2. The molecule has 1 heterocycles. The van der Waals surface area contributed by atoms with Gasteiger partial charge in [0.2, 0.25) is 0 Å². The Morgan fingerprint density at radius 3 is 1.71 bits per heavy atom. The molecular formula is C4H8O2Te. The first-order valence-corrected chi connectivity index (χ1v) is 5.54. The van der Waals surface area contributed by atoms with Gasteiger partial charge in [-0.1, -0.05) is 0 Å². The van der Waals surface area contributed by atoms with Crippen LogP contribution in [0.3, 0.4) is 0 Å². The minimum absolute atomic E-state index is 0.0140. The van der Waals surface area contributed by atoms with Crippen molar-refractivity contribution in [3.63, 3.8) is 0 Å². The van der Waals surface area contributed by atoms with Gasteiger partial charge in [0.05, 0.1) is 0 Å². The first-order valence-electron chi connectivity index (χ1n) is 2.24. The van der Waals surface area contributed by atoms with E-state index in [0.29, 0.717) is 0 Å². The standard InChI is InChI=1S/C4H8O2Te/c5-3-1-7-2-4(3)6/h3-6H,1-2H2/t3-,4-/m0/s1. The van der Waals surface area contributed by atoms with Crippen molar-refractivity contribution in [2.75, 3.05) is 0 Å². The first-order chi connectivity index (χ1) is 3.30. The third-order valence-corrected chi connectivity index (χ3v) is 4.32. The van der Waals surface area contributed by atoms with Crippen LogP contribution in [-0.2, 0) is 0 Å². The van der Waals surface area contributed by atoms with Crippen molar-refractivity contribution >= 4 is 20.9 Å². The van der Waals surface area contributed by atoms with Crippen LogP contribution in [0.1, 0.15) is 0 Å². The molecule has 2 N–H and O–H groups in total. The molecule has 0 unspecified atom stereocenters. The molecule has 0 saturated carbocycles. The Morgan fingerprint density at radius 1 is 1.14 bits per heavy atom. The van der Waals surface area contributed by atoms with Gasteiger partial charge in [-0.05, 0) is 0 Å². The molecule has 0 aliphatic carbocycles. The average Bonchev–Trinajstić information content (AvgIpc) is 1.91. The maximum atomic E-state index is 8.78. The summed E-state index contributed by atoms with van der Waals surface area (Å²) in [5.74, 6) is 0. The third-order valence-electron chi connectivity index (χ3n) is 1.02. The topological polar surface area (TPSA) is 40.5 Å². The van der Waals surface area contributed by atoms with Crippen LogP contribution in [0.5, 0.6) is 0 Å². The summed E-state index contributed by atoms with van der Waals surface area (Å²) in [6.45, 7) is 0. The Morgan fingerprint density at radius 2 is 1.57 bits per heavy atom. The fourth-order valence-corrected chi connectivity index (χ4v) is 3.57. The van der Waals surface area contributed by atoms with Gasteiger partial charge < -0.3 is 0 Å². The van der Waals surface area contributed by atoms with Crippen LogP contribution in [0.4, 0.5) is 0 Å². The van der Waals surface area contributed by atoms with Gasteiger partial charge in [0.1, 0.15) is 0 Å². The van der Waals surface area contributed by atoms with Crippen molar-refractivity contribution in [1.82, 2.24) is 0 Å². The molecule has 1 aliphatic heterocycles.